The Bertz CT molecular complexity index is 891. The molecule has 9 heteroatoms. The molecule has 1 atom stereocenters. The lowest BCUT2D eigenvalue weighted by Gasteiger charge is -2.17. The molecule has 2 aromatic rings. The normalized spacial score (nSPS) is 12.6. The Labute approximate surface area is 182 Å². The highest BCUT2D eigenvalue weighted by atomic mass is 79.9. The molecule has 7 nitrogen and oxygen atoms in total. The van der Waals surface area contributed by atoms with Crippen molar-refractivity contribution in [3.8, 4) is 11.5 Å². The number of rotatable bonds is 8. The summed E-state index contributed by atoms with van der Waals surface area (Å²) in [6.07, 6.45) is 0.771. The van der Waals surface area contributed by atoms with Gasteiger partial charge in [0.05, 0.1) is 24.9 Å². The van der Waals surface area contributed by atoms with Crippen LogP contribution in [0.4, 0.5) is 0 Å². The van der Waals surface area contributed by atoms with E-state index in [2.05, 4.69) is 30.9 Å². The van der Waals surface area contributed by atoms with Gasteiger partial charge in [0.15, 0.2) is 22.8 Å². The van der Waals surface area contributed by atoms with Crippen LogP contribution in [0.1, 0.15) is 18.1 Å². The molecule has 0 heterocycles. The molecule has 29 heavy (non-hydrogen) atoms. The van der Waals surface area contributed by atoms with Crippen LogP contribution in [0.15, 0.2) is 57.1 Å². The number of carbonyl (C=O) groups excluding carboxylic acids is 1. The number of thioether (sulfide) groups is 1. The number of nitrogens with zero attached hydrogens (tertiary/aromatic N) is 2. The van der Waals surface area contributed by atoms with E-state index in [1.807, 2.05) is 30.3 Å². The topological polar surface area (TPSA) is 95.5 Å². The van der Waals surface area contributed by atoms with Crippen molar-refractivity contribution in [2.24, 2.45) is 15.9 Å². The predicted octanol–water partition coefficient (Wildman–Crippen LogP) is 3.98. The van der Waals surface area contributed by atoms with Crippen LogP contribution in [0.2, 0.25) is 0 Å². The lowest BCUT2D eigenvalue weighted by molar-refractivity contribution is -0.147. The zero-order valence-electron chi connectivity index (χ0n) is 16.3. The van der Waals surface area contributed by atoms with Gasteiger partial charge in [0.25, 0.3) is 0 Å². The Hall–Kier alpha value is -2.52. The molecular weight excluding hydrogens is 458 g/mol. The average Bonchev–Trinajstić information content (AvgIpc) is 2.73. The van der Waals surface area contributed by atoms with Crippen LogP contribution in [0.5, 0.6) is 11.5 Å². The predicted molar refractivity (Wildman–Crippen MR) is 120 cm³/mol. The first-order chi connectivity index (χ1) is 13.9. The van der Waals surface area contributed by atoms with E-state index in [1.54, 1.807) is 25.3 Å². The minimum atomic E-state index is -0.782. The zero-order valence-corrected chi connectivity index (χ0v) is 18.7. The van der Waals surface area contributed by atoms with E-state index in [0.29, 0.717) is 21.1 Å². The summed E-state index contributed by atoms with van der Waals surface area (Å²) in [6, 6.07) is 13.5. The third-order valence-corrected chi connectivity index (χ3v) is 5.12. The van der Waals surface area contributed by atoms with Crippen LogP contribution in [0.25, 0.3) is 0 Å². The van der Waals surface area contributed by atoms with Crippen molar-refractivity contribution < 1.29 is 19.0 Å². The van der Waals surface area contributed by atoms with Crippen molar-refractivity contribution in [2.75, 3.05) is 14.2 Å². The minimum Gasteiger partial charge on any atom is -0.493 e. The van der Waals surface area contributed by atoms with E-state index in [4.69, 9.17) is 15.2 Å². The summed E-state index contributed by atoms with van der Waals surface area (Å²) in [5.74, 6) is 1.06. The molecule has 0 saturated carbocycles. The molecule has 154 valence electrons. The highest BCUT2D eigenvalue weighted by Crippen LogP contribution is 2.37. The Morgan fingerprint density at radius 3 is 2.66 bits per heavy atom. The van der Waals surface area contributed by atoms with Gasteiger partial charge < -0.3 is 19.9 Å². The van der Waals surface area contributed by atoms with Crippen molar-refractivity contribution in [3.05, 3.63) is 58.1 Å². The molecular formula is C20H22BrN3O4S. The lowest BCUT2D eigenvalue weighted by atomic mass is 10.2. The third-order valence-electron chi connectivity index (χ3n) is 3.67. The first-order valence-corrected chi connectivity index (χ1v) is 10.4. The molecule has 0 spiro atoms. The number of hydrogen-bond donors (Lipinski definition) is 1. The number of benzene rings is 2. The van der Waals surface area contributed by atoms with Gasteiger partial charge in [-0.3, -0.25) is 0 Å². The minimum absolute atomic E-state index is 0.364. The summed E-state index contributed by atoms with van der Waals surface area (Å²) in [4.78, 5) is 11.6. The Balaban J connectivity index is 2.06. The SMILES string of the molecule is COC(=O)C(C)Oc1c(Br)cc(C=NN=C(N)SCc2ccccc2)cc1OC. The number of halogens is 1. The molecule has 2 N–H and O–H groups in total. The standard InChI is InChI=1S/C20H22BrN3O4S/c1-13(19(25)27-3)28-18-16(21)9-15(10-17(18)26-2)11-23-24-20(22)29-12-14-7-5-4-6-8-14/h4-11,13H,12H2,1-3H3,(H2,22,24). The van der Waals surface area contributed by atoms with E-state index >= 15 is 0 Å². The fourth-order valence-corrected chi connectivity index (χ4v) is 3.40. The molecule has 2 rings (SSSR count). The average molecular weight is 480 g/mol. The molecule has 1 unspecified atom stereocenters. The van der Waals surface area contributed by atoms with E-state index < -0.39 is 12.1 Å². The molecule has 0 aliphatic carbocycles. The summed E-state index contributed by atoms with van der Waals surface area (Å²) in [5, 5.41) is 8.40. The van der Waals surface area contributed by atoms with Crippen molar-refractivity contribution in [1.82, 2.24) is 0 Å². The fourth-order valence-electron chi connectivity index (χ4n) is 2.23. The molecule has 0 amide bonds. The van der Waals surface area contributed by atoms with Gasteiger partial charge in [-0.15, -0.1) is 5.10 Å². The van der Waals surface area contributed by atoms with Crippen molar-refractivity contribution in [2.45, 2.75) is 18.8 Å². The van der Waals surface area contributed by atoms with Crippen LogP contribution < -0.4 is 15.2 Å². The smallest absolute Gasteiger partial charge is 0.346 e. The molecule has 2 aromatic carbocycles. The van der Waals surface area contributed by atoms with Crippen LogP contribution in [0, 0.1) is 0 Å². The number of methoxy groups -OCH3 is 2. The van der Waals surface area contributed by atoms with Gasteiger partial charge in [0.2, 0.25) is 0 Å². The summed E-state index contributed by atoms with van der Waals surface area (Å²) in [6.45, 7) is 1.59. The number of esters is 1. The summed E-state index contributed by atoms with van der Waals surface area (Å²) < 4.78 is 16.3. The second-order valence-corrected chi connectivity index (χ2v) is 7.62. The summed E-state index contributed by atoms with van der Waals surface area (Å²) in [7, 11) is 2.81. The van der Waals surface area contributed by atoms with E-state index in [9.17, 15) is 4.79 Å². The lowest BCUT2D eigenvalue weighted by Crippen LogP contribution is -2.25. The maximum atomic E-state index is 11.6. The van der Waals surface area contributed by atoms with Gasteiger partial charge in [-0.25, -0.2) is 4.79 Å². The fraction of sp³-hybridized carbons (Fsp3) is 0.250. The highest BCUT2D eigenvalue weighted by Gasteiger charge is 2.19. The Morgan fingerprint density at radius 1 is 1.28 bits per heavy atom. The molecule has 0 aliphatic rings. The van der Waals surface area contributed by atoms with Crippen molar-refractivity contribution in [3.63, 3.8) is 0 Å². The molecule has 0 aliphatic heterocycles. The van der Waals surface area contributed by atoms with Crippen LogP contribution in [0.3, 0.4) is 0 Å². The largest absolute Gasteiger partial charge is 0.493 e. The zero-order chi connectivity index (χ0) is 21.2. The van der Waals surface area contributed by atoms with Gasteiger partial charge in [0, 0.05) is 5.75 Å². The van der Waals surface area contributed by atoms with E-state index in [0.717, 1.165) is 16.9 Å². The Morgan fingerprint density at radius 2 is 2.00 bits per heavy atom. The first-order valence-electron chi connectivity index (χ1n) is 8.59. The van der Waals surface area contributed by atoms with Crippen LogP contribution in [-0.4, -0.2) is 37.7 Å². The first kappa shape index (κ1) is 22.8. The number of carbonyl (C=O) groups is 1. The maximum Gasteiger partial charge on any atom is 0.346 e. The number of amidine groups is 1. The van der Waals surface area contributed by atoms with Gasteiger partial charge in [-0.05, 0) is 46.1 Å². The molecule has 0 bridgehead atoms. The molecule has 0 radical (unpaired) electrons. The molecule has 0 saturated heterocycles. The molecule has 0 fully saturated rings. The second kappa shape index (κ2) is 11.5. The summed E-state index contributed by atoms with van der Waals surface area (Å²) in [5.41, 5.74) is 7.77. The number of nitrogens with two attached hydrogens (primary N) is 1. The Kier molecular flexibility index (Phi) is 9.01. The van der Waals surface area contributed by atoms with E-state index in [1.165, 1.54) is 26.0 Å². The van der Waals surface area contributed by atoms with Gasteiger partial charge in [-0.2, -0.15) is 5.10 Å². The van der Waals surface area contributed by atoms with Gasteiger partial charge in [0.1, 0.15) is 0 Å². The van der Waals surface area contributed by atoms with Gasteiger partial charge in [-0.1, -0.05) is 42.1 Å². The summed E-state index contributed by atoms with van der Waals surface area (Å²) >= 11 is 4.83. The van der Waals surface area contributed by atoms with Gasteiger partial charge >= 0.3 is 5.97 Å². The maximum absolute atomic E-state index is 11.6. The van der Waals surface area contributed by atoms with Crippen molar-refractivity contribution in [1.29, 1.82) is 0 Å². The van der Waals surface area contributed by atoms with E-state index in [-0.39, 0.29) is 0 Å². The number of ether oxygens (including phenoxy) is 3. The van der Waals surface area contributed by atoms with Crippen molar-refractivity contribution >= 4 is 45.0 Å². The molecule has 0 aromatic heterocycles. The third kappa shape index (κ3) is 7.10. The quantitative estimate of drug-likeness (QED) is 0.266. The van der Waals surface area contributed by atoms with Crippen LogP contribution >= 0.6 is 27.7 Å². The monoisotopic (exact) mass is 479 g/mol. The number of hydrogen-bond acceptors (Lipinski definition) is 7. The highest BCUT2D eigenvalue weighted by molar-refractivity contribution is 9.10. The van der Waals surface area contributed by atoms with Crippen LogP contribution in [-0.2, 0) is 15.3 Å². The second-order valence-electron chi connectivity index (χ2n) is 5.77.